The van der Waals surface area contributed by atoms with E-state index >= 15 is 0 Å². The third-order valence-corrected chi connectivity index (χ3v) is 3.32. The van der Waals surface area contributed by atoms with Crippen LogP contribution in [0.4, 0.5) is 0 Å². The van der Waals surface area contributed by atoms with Crippen molar-refractivity contribution in [3.8, 4) is 0 Å². The van der Waals surface area contributed by atoms with Gasteiger partial charge in [-0.1, -0.05) is 44.2 Å². The van der Waals surface area contributed by atoms with Gasteiger partial charge < -0.3 is 10.6 Å². The first-order chi connectivity index (χ1) is 11.3. The molecule has 2 heterocycles. The smallest absolute Gasteiger partial charge is 0.177 e. The van der Waals surface area contributed by atoms with Crippen LogP contribution in [0.1, 0.15) is 30.9 Å². The molecule has 6 heteroatoms. The maximum Gasteiger partial charge on any atom is 0.177 e. The van der Waals surface area contributed by atoms with Crippen LogP contribution in [0.25, 0.3) is 5.65 Å². The Hall–Kier alpha value is -2.18. The summed E-state index contributed by atoms with van der Waals surface area (Å²) in [6.45, 7) is 9.42. The number of aromatic nitrogens is 4. The number of nitrogens with zero attached hydrogens (tertiary/aromatic N) is 3. The molecule has 124 valence electrons. The number of nitrogens with one attached hydrogen (secondary N) is 3. The predicted octanol–water partition coefficient (Wildman–Crippen LogP) is 2.27. The second kappa shape index (κ2) is 9.07. The summed E-state index contributed by atoms with van der Waals surface area (Å²) >= 11 is 0. The van der Waals surface area contributed by atoms with Crippen LogP contribution >= 0.6 is 0 Å². The number of aromatic amines is 1. The molecule has 0 radical (unpaired) electrons. The van der Waals surface area contributed by atoms with Crippen LogP contribution in [0.3, 0.4) is 0 Å². The lowest BCUT2D eigenvalue weighted by atomic mass is 10.2. The van der Waals surface area contributed by atoms with Crippen molar-refractivity contribution in [2.45, 2.75) is 33.9 Å². The predicted molar refractivity (Wildman–Crippen MR) is 93.3 cm³/mol. The molecule has 0 amide bonds. The topological polar surface area (TPSA) is 70.0 Å². The molecule has 0 spiro atoms. The van der Waals surface area contributed by atoms with E-state index in [1.54, 1.807) is 0 Å². The summed E-state index contributed by atoms with van der Waals surface area (Å²) in [7, 11) is 0. The second-order valence-electron chi connectivity index (χ2n) is 5.09. The minimum atomic E-state index is 0.703. The molecule has 0 aliphatic heterocycles. The summed E-state index contributed by atoms with van der Waals surface area (Å²) < 4.78 is 1.92. The average Bonchev–Trinajstić information content (AvgIpc) is 3.13. The van der Waals surface area contributed by atoms with Gasteiger partial charge in [0.15, 0.2) is 11.5 Å². The summed E-state index contributed by atoms with van der Waals surface area (Å²) in [5, 5.41) is 18.3. The van der Waals surface area contributed by atoms with Gasteiger partial charge in [0.2, 0.25) is 0 Å². The van der Waals surface area contributed by atoms with Gasteiger partial charge in [0.1, 0.15) is 0 Å². The fraction of sp³-hybridized carbons (Fsp3) is 0.412. The summed E-state index contributed by atoms with van der Waals surface area (Å²) in [5.41, 5.74) is 3.26. The molecule has 0 aliphatic carbocycles. The summed E-state index contributed by atoms with van der Waals surface area (Å²) in [6.07, 6.45) is 0. The molecule has 0 fully saturated rings. The summed E-state index contributed by atoms with van der Waals surface area (Å²) in [4.78, 5) is 0. The second-order valence-corrected chi connectivity index (χ2v) is 5.09. The van der Waals surface area contributed by atoms with E-state index in [0.29, 0.717) is 6.54 Å². The van der Waals surface area contributed by atoms with Crippen molar-refractivity contribution in [2.24, 2.45) is 0 Å². The Kier molecular flexibility index (Phi) is 6.77. The SMILES string of the molecule is CC.Cc1cc2nnc(CNCCNCc3ccccc3)n2[nH]1. The normalized spacial score (nSPS) is 10.6. The number of hydrogen-bond acceptors (Lipinski definition) is 4. The zero-order valence-corrected chi connectivity index (χ0v) is 14.1. The van der Waals surface area contributed by atoms with Crippen LogP contribution in [0.5, 0.6) is 0 Å². The van der Waals surface area contributed by atoms with Gasteiger partial charge in [-0.3, -0.25) is 5.10 Å². The maximum absolute atomic E-state index is 4.16. The molecular weight excluding hydrogens is 288 g/mol. The van der Waals surface area contributed by atoms with Crippen LogP contribution in [-0.4, -0.2) is 32.9 Å². The zero-order chi connectivity index (χ0) is 16.5. The van der Waals surface area contributed by atoms with Crippen LogP contribution < -0.4 is 10.6 Å². The van der Waals surface area contributed by atoms with E-state index in [-0.39, 0.29) is 0 Å². The third kappa shape index (κ3) is 4.91. The van der Waals surface area contributed by atoms with Crippen molar-refractivity contribution in [3.05, 3.63) is 53.5 Å². The Balaban J connectivity index is 0.000000924. The number of aryl methyl sites for hydroxylation is 1. The molecule has 3 aromatic rings. The molecule has 23 heavy (non-hydrogen) atoms. The van der Waals surface area contributed by atoms with Gasteiger partial charge in [-0.2, -0.15) is 0 Å². The molecule has 1 aromatic carbocycles. The molecule has 2 aromatic heterocycles. The maximum atomic E-state index is 4.16. The molecule has 0 saturated heterocycles. The van der Waals surface area contributed by atoms with E-state index in [9.17, 15) is 0 Å². The Morgan fingerprint density at radius 3 is 2.43 bits per heavy atom. The number of rotatable bonds is 7. The van der Waals surface area contributed by atoms with E-state index < -0.39 is 0 Å². The molecule has 3 N–H and O–H groups in total. The number of benzene rings is 1. The largest absolute Gasteiger partial charge is 0.311 e. The molecule has 6 nitrogen and oxygen atoms in total. The van der Waals surface area contributed by atoms with E-state index in [0.717, 1.165) is 36.8 Å². The van der Waals surface area contributed by atoms with Gasteiger partial charge >= 0.3 is 0 Å². The molecule has 0 saturated carbocycles. The van der Waals surface area contributed by atoms with E-state index in [2.05, 4.69) is 50.2 Å². The molecular formula is C17H26N6. The average molecular weight is 314 g/mol. The van der Waals surface area contributed by atoms with Crippen molar-refractivity contribution in [2.75, 3.05) is 13.1 Å². The van der Waals surface area contributed by atoms with Gasteiger partial charge in [0, 0.05) is 31.4 Å². The van der Waals surface area contributed by atoms with Gasteiger partial charge in [0.25, 0.3) is 0 Å². The minimum Gasteiger partial charge on any atom is -0.311 e. The van der Waals surface area contributed by atoms with Crippen LogP contribution in [-0.2, 0) is 13.1 Å². The van der Waals surface area contributed by atoms with Crippen molar-refractivity contribution >= 4 is 5.65 Å². The first-order valence-corrected chi connectivity index (χ1v) is 8.18. The molecule has 0 bridgehead atoms. The lowest BCUT2D eigenvalue weighted by Crippen LogP contribution is -2.27. The first-order valence-electron chi connectivity index (χ1n) is 8.18. The Morgan fingerprint density at radius 2 is 1.70 bits per heavy atom. The van der Waals surface area contributed by atoms with Crippen LogP contribution in [0, 0.1) is 6.92 Å². The standard InChI is InChI=1S/C15H20N6.C2H6/c1-12-9-14-18-19-15(21(14)20-12)11-17-8-7-16-10-13-5-3-2-4-6-13;1-2/h2-6,9,16-17,20H,7-8,10-11H2,1H3;1-2H3. The Morgan fingerprint density at radius 1 is 1.00 bits per heavy atom. The van der Waals surface area contributed by atoms with Crippen molar-refractivity contribution in [1.82, 2.24) is 30.4 Å². The van der Waals surface area contributed by atoms with Crippen molar-refractivity contribution in [1.29, 1.82) is 0 Å². The first kappa shape index (κ1) is 17.2. The molecule has 0 unspecified atom stereocenters. The molecule has 0 aliphatic rings. The molecule has 3 rings (SSSR count). The van der Waals surface area contributed by atoms with Gasteiger partial charge in [-0.15, -0.1) is 10.2 Å². The van der Waals surface area contributed by atoms with Gasteiger partial charge in [-0.05, 0) is 12.5 Å². The fourth-order valence-corrected chi connectivity index (χ4v) is 2.27. The third-order valence-electron chi connectivity index (χ3n) is 3.32. The van der Waals surface area contributed by atoms with Crippen molar-refractivity contribution in [3.63, 3.8) is 0 Å². The van der Waals surface area contributed by atoms with Crippen LogP contribution in [0.15, 0.2) is 36.4 Å². The highest BCUT2D eigenvalue weighted by molar-refractivity contribution is 5.38. The highest BCUT2D eigenvalue weighted by Crippen LogP contribution is 2.04. The lowest BCUT2D eigenvalue weighted by Gasteiger charge is -2.06. The number of fused-ring (bicyclic) bond motifs is 1. The van der Waals surface area contributed by atoms with Crippen molar-refractivity contribution < 1.29 is 0 Å². The van der Waals surface area contributed by atoms with Gasteiger partial charge in [-0.25, -0.2) is 4.52 Å². The van der Waals surface area contributed by atoms with E-state index in [1.807, 2.05) is 37.4 Å². The summed E-state index contributed by atoms with van der Waals surface area (Å²) in [6, 6.07) is 12.4. The summed E-state index contributed by atoms with van der Waals surface area (Å²) in [5.74, 6) is 0.904. The Bertz CT molecular complexity index is 686. The molecule has 0 atom stereocenters. The Labute approximate surface area is 137 Å². The van der Waals surface area contributed by atoms with E-state index in [4.69, 9.17) is 0 Å². The number of H-pyrrole nitrogens is 1. The fourth-order valence-electron chi connectivity index (χ4n) is 2.27. The number of hydrogen-bond donors (Lipinski definition) is 3. The quantitative estimate of drug-likeness (QED) is 0.585. The lowest BCUT2D eigenvalue weighted by molar-refractivity contribution is 0.592. The monoisotopic (exact) mass is 314 g/mol. The van der Waals surface area contributed by atoms with Crippen LogP contribution in [0.2, 0.25) is 0 Å². The van der Waals surface area contributed by atoms with E-state index in [1.165, 1.54) is 5.56 Å². The zero-order valence-electron chi connectivity index (χ0n) is 14.1. The minimum absolute atomic E-state index is 0.703. The highest BCUT2D eigenvalue weighted by atomic mass is 15.4. The highest BCUT2D eigenvalue weighted by Gasteiger charge is 2.06. The van der Waals surface area contributed by atoms with Gasteiger partial charge in [0.05, 0.1) is 6.54 Å².